The summed E-state index contributed by atoms with van der Waals surface area (Å²) in [5, 5.41) is 0. The first-order valence-electron chi connectivity index (χ1n) is 11.2. The van der Waals surface area contributed by atoms with Crippen LogP contribution >= 0.6 is 0 Å². The Morgan fingerprint density at radius 2 is 1.85 bits per heavy atom. The van der Waals surface area contributed by atoms with Crippen molar-refractivity contribution in [1.29, 1.82) is 0 Å². The van der Waals surface area contributed by atoms with Gasteiger partial charge in [0.15, 0.2) is 5.78 Å². The number of rotatable bonds is 4. The molecule has 5 heteroatoms. The van der Waals surface area contributed by atoms with E-state index in [0.717, 1.165) is 44.8 Å². The number of aromatic nitrogens is 4. The highest BCUT2D eigenvalue weighted by molar-refractivity contribution is 5.98. The van der Waals surface area contributed by atoms with E-state index in [-0.39, 0.29) is 5.78 Å². The molecule has 3 aromatic heterocycles. The molecule has 0 N–H and O–H groups in total. The minimum absolute atomic E-state index is 0.0654. The van der Waals surface area contributed by atoms with Crippen LogP contribution in [0.5, 0.6) is 0 Å². The lowest BCUT2D eigenvalue weighted by Gasteiger charge is -2.09. The molecule has 0 fully saturated rings. The van der Waals surface area contributed by atoms with E-state index in [1.807, 2.05) is 78.5 Å². The number of fused-ring (bicyclic) bond motifs is 1. The zero-order chi connectivity index (χ0) is 23.7. The standard InChI is InChI=1S/C29H24N4O/c1-20-13-23(15-27(14-20)32-12-10-30-19-32)16-28(34)25-7-6-21(2)24(17-25)8-9-26-18-31-29-22(3)5-4-11-33(26)29/h4-7,10-15,17-19H,16H2,1-3H3. The molecule has 5 rings (SSSR count). The van der Waals surface area contributed by atoms with Crippen molar-refractivity contribution < 1.29 is 4.79 Å². The first kappa shape index (κ1) is 21.4. The summed E-state index contributed by atoms with van der Waals surface area (Å²) in [7, 11) is 0. The van der Waals surface area contributed by atoms with Crippen molar-refractivity contribution in [1.82, 2.24) is 18.9 Å². The van der Waals surface area contributed by atoms with Crippen molar-refractivity contribution in [3.8, 4) is 17.5 Å². The number of carbonyl (C=O) groups is 1. The van der Waals surface area contributed by atoms with Crippen molar-refractivity contribution in [2.45, 2.75) is 27.2 Å². The van der Waals surface area contributed by atoms with Gasteiger partial charge in [0, 0.05) is 41.8 Å². The number of pyridine rings is 1. The summed E-state index contributed by atoms with van der Waals surface area (Å²) in [4.78, 5) is 21.7. The highest BCUT2D eigenvalue weighted by Crippen LogP contribution is 2.18. The Hall–Kier alpha value is -4.43. The van der Waals surface area contributed by atoms with Crippen LogP contribution in [-0.2, 0) is 6.42 Å². The van der Waals surface area contributed by atoms with E-state index >= 15 is 0 Å². The number of carbonyl (C=O) groups excluding carboxylic acids is 1. The van der Waals surface area contributed by atoms with E-state index in [2.05, 4.69) is 33.9 Å². The Morgan fingerprint density at radius 3 is 2.68 bits per heavy atom. The van der Waals surface area contributed by atoms with Gasteiger partial charge in [0.25, 0.3) is 0 Å². The van der Waals surface area contributed by atoms with E-state index in [9.17, 15) is 4.79 Å². The molecule has 5 nitrogen and oxygen atoms in total. The lowest BCUT2D eigenvalue weighted by Crippen LogP contribution is -2.05. The van der Waals surface area contributed by atoms with Crippen molar-refractivity contribution in [3.63, 3.8) is 0 Å². The van der Waals surface area contributed by atoms with Gasteiger partial charge in [-0.15, -0.1) is 0 Å². The van der Waals surface area contributed by atoms with Gasteiger partial charge in [0.1, 0.15) is 11.3 Å². The molecule has 0 aliphatic rings. The maximum Gasteiger partial charge on any atom is 0.167 e. The van der Waals surface area contributed by atoms with Gasteiger partial charge in [-0.3, -0.25) is 9.20 Å². The average molecular weight is 445 g/mol. The van der Waals surface area contributed by atoms with Crippen molar-refractivity contribution >= 4 is 11.4 Å². The lowest BCUT2D eigenvalue weighted by atomic mass is 9.98. The fourth-order valence-corrected chi connectivity index (χ4v) is 4.10. The molecule has 2 aromatic carbocycles. The maximum atomic E-state index is 13.2. The molecule has 0 aliphatic carbocycles. The molecule has 0 spiro atoms. The molecule has 3 heterocycles. The largest absolute Gasteiger partial charge is 0.306 e. The fourth-order valence-electron chi connectivity index (χ4n) is 4.10. The fraction of sp³-hybridized carbons (Fsp3) is 0.138. The van der Waals surface area contributed by atoms with Crippen LogP contribution in [0.4, 0.5) is 0 Å². The molecule has 34 heavy (non-hydrogen) atoms. The van der Waals surface area contributed by atoms with Crippen molar-refractivity contribution in [2.24, 2.45) is 0 Å². The van der Waals surface area contributed by atoms with E-state index in [1.54, 1.807) is 18.7 Å². The third kappa shape index (κ3) is 4.26. The molecular formula is C29H24N4O. The van der Waals surface area contributed by atoms with Gasteiger partial charge in [0.05, 0.1) is 12.5 Å². The first-order chi connectivity index (χ1) is 16.5. The number of Topliss-reactive ketones (excluding diaryl/α,β-unsaturated/α-hetero) is 1. The topological polar surface area (TPSA) is 52.2 Å². The predicted molar refractivity (Wildman–Crippen MR) is 133 cm³/mol. The SMILES string of the molecule is Cc1cc(CC(=O)c2ccc(C)c(C#Cc3cnc4c(C)cccn34)c2)cc(-n2ccnc2)c1. The van der Waals surface area contributed by atoms with E-state index in [1.165, 1.54) is 0 Å². The number of hydrogen-bond donors (Lipinski definition) is 0. The summed E-state index contributed by atoms with van der Waals surface area (Å²) in [5.74, 6) is 6.54. The molecular weight excluding hydrogens is 420 g/mol. The number of imidazole rings is 2. The van der Waals surface area contributed by atoms with Crippen molar-refractivity contribution in [2.75, 3.05) is 0 Å². The first-order valence-corrected chi connectivity index (χ1v) is 11.2. The summed E-state index contributed by atoms with van der Waals surface area (Å²) in [6.07, 6.45) is 9.48. The molecule has 0 atom stereocenters. The van der Waals surface area contributed by atoms with E-state index in [0.29, 0.717) is 12.0 Å². The van der Waals surface area contributed by atoms with Gasteiger partial charge in [-0.05, 0) is 73.2 Å². The van der Waals surface area contributed by atoms with Crippen LogP contribution < -0.4 is 0 Å². The second kappa shape index (κ2) is 8.84. The molecule has 166 valence electrons. The second-order valence-electron chi connectivity index (χ2n) is 8.55. The Labute approximate surface area is 198 Å². The summed E-state index contributed by atoms with van der Waals surface area (Å²) >= 11 is 0. The van der Waals surface area contributed by atoms with Crippen LogP contribution in [0.25, 0.3) is 11.3 Å². The summed E-state index contributed by atoms with van der Waals surface area (Å²) < 4.78 is 3.93. The highest BCUT2D eigenvalue weighted by atomic mass is 16.1. The number of benzene rings is 2. The van der Waals surface area contributed by atoms with Gasteiger partial charge >= 0.3 is 0 Å². The Kier molecular flexibility index (Phi) is 5.57. The van der Waals surface area contributed by atoms with Crippen LogP contribution in [0.2, 0.25) is 0 Å². The third-order valence-corrected chi connectivity index (χ3v) is 5.90. The predicted octanol–water partition coefficient (Wildman–Crippen LogP) is 5.27. The van der Waals surface area contributed by atoms with E-state index < -0.39 is 0 Å². The van der Waals surface area contributed by atoms with Crippen LogP contribution in [0.3, 0.4) is 0 Å². The molecule has 5 aromatic rings. The Morgan fingerprint density at radius 1 is 0.971 bits per heavy atom. The quantitative estimate of drug-likeness (QED) is 0.280. The van der Waals surface area contributed by atoms with Crippen molar-refractivity contribution in [3.05, 3.63) is 119 Å². The van der Waals surface area contributed by atoms with E-state index in [4.69, 9.17) is 0 Å². The second-order valence-corrected chi connectivity index (χ2v) is 8.55. The van der Waals surface area contributed by atoms with Gasteiger partial charge in [-0.25, -0.2) is 9.97 Å². The zero-order valence-electron chi connectivity index (χ0n) is 19.4. The van der Waals surface area contributed by atoms with Gasteiger partial charge in [-0.2, -0.15) is 0 Å². The molecule has 0 aliphatic heterocycles. The van der Waals surface area contributed by atoms with Crippen LogP contribution in [0.15, 0.2) is 79.6 Å². The van der Waals surface area contributed by atoms with Gasteiger partial charge in [-0.1, -0.05) is 30.2 Å². The van der Waals surface area contributed by atoms with Crippen LogP contribution in [0, 0.1) is 32.6 Å². The average Bonchev–Trinajstić information content (AvgIpc) is 3.49. The maximum absolute atomic E-state index is 13.2. The van der Waals surface area contributed by atoms with Gasteiger partial charge < -0.3 is 4.57 Å². The Bertz CT molecular complexity index is 1580. The number of hydrogen-bond acceptors (Lipinski definition) is 3. The minimum Gasteiger partial charge on any atom is -0.306 e. The lowest BCUT2D eigenvalue weighted by molar-refractivity contribution is 0.0993. The zero-order valence-corrected chi connectivity index (χ0v) is 19.4. The number of ketones is 1. The minimum atomic E-state index is 0.0654. The number of aryl methyl sites for hydroxylation is 3. The smallest absolute Gasteiger partial charge is 0.167 e. The summed E-state index contributed by atoms with van der Waals surface area (Å²) in [6.45, 7) is 6.08. The number of nitrogens with zero attached hydrogens (tertiary/aromatic N) is 4. The molecule has 0 saturated heterocycles. The van der Waals surface area contributed by atoms with Crippen LogP contribution in [0.1, 0.15) is 43.9 Å². The van der Waals surface area contributed by atoms with Crippen LogP contribution in [-0.4, -0.2) is 24.7 Å². The van der Waals surface area contributed by atoms with Gasteiger partial charge in [0.2, 0.25) is 0 Å². The highest BCUT2D eigenvalue weighted by Gasteiger charge is 2.11. The summed E-state index contributed by atoms with van der Waals surface area (Å²) in [5.41, 5.74) is 8.45. The normalized spacial score (nSPS) is 10.8. The Balaban J connectivity index is 1.42. The third-order valence-electron chi connectivity index (χ3n) is 5.90. The monoisotopic (exact) mass is 444 g/mol. The molecule has 0 bridgehead atoms. The molecule has 0 saturated carbocycles. The molecule has 0 amide bonds. The molecule has 0 radical (unpaired) electrons. The summed E-state index contributed by atoms with van der Waals surface area (Å²) in [6, 6.07) is 15.9. The molecule has 0 unspecified atom stereocenters.